The summed E-state index contributed by atoms with van der Waals surface area (Å²) in [5.74, 6) is 1.01. The van der Waals surface area contributed by atoms with Crippen LogP contribution in [0.1, 0.15) is 40.5 Å². The molecule has 126 valence electrons. The van der Waals surface area contributed by atoms with E-state index in [0.29, 0.717) is 6.04 Å². The third-order valence-corrected chi connectivity index (χ3v) is 3.54. The molecule has 0 aliphatic rings. The van der Waals surface area contributed by atoms with Gasteiger partial charge in [-0.3, -0.25) is 9.89 Å². The molecular formula is C16H35IN4. The van der Waals surface area contributed by atoms with Gasteiger partial charge in [0.15, 0.2) is 5.96 Å². The van der Waals surface area contributed by atoms with Gasteiger partial charge in [-0.05, 0) is 39.8 Å². The average molecular weight is 410 g/mol. The van der Waals surface area contributed by atoms with E-state index >= 15 is 0 Å². The zero-order valence-corrected chi connectivity index (χ0v) is 16.9. The molecule has 1 unspecified atom stereocenters. The molecule has 0 saturated carbocycles. The summed E-state index contributed by atoms with van der Waals surface area (Å²) in [6, 6.07) is 0.486. The Bertz CT molecular complexity index is 277. The van der Waals surface area contributed by atoms with E-state index in [1.54, 1.807) is 0 Å². The Morgan fingerprint density at radius 3 is 2.38 bits per heavy atom. The van der Waals surface area contributed by atoms with E-state index in [0.717, 1.165) is 51.5 Å². The largest absolute Gasteiger partial charge is 0.357 e. The predicted octanol–water partition coefficient (Wildman–Crippen LogP) is 3.20. The van der Waals surface area contributed by atoms with Crippen molar-refractivity contribution in [3.05, 3.63) is 12.7 Å². The summed E-state index contributed by atoms with van der Waals surface area (Å²) >= 11 is 0. The van der Waals surface area contributed by atoms with E-state index in [1.165, 1.54) is 0 Å². The van der Waals surface area contributed by atoms with Crippen molar-refractivity contribution < 1.29 is 0 Å². The maximum Gasteiger partial charge on any atom is 0.193 e. The van der Waals surface area contributed by atoms with Crippen molar-refractivity contribution in [1.29, 1.82) is 0 Å². The molecule has 0 amide bonds. The molecule has 0 aromatic heterocycles. The normalized spacial score (nSPS) is 12.8. The Hall–Kier alpha value is -0.300. The monoisotopic (exact) mass is 410 g/mol. The van der Waals surface area contributed by atoms with Crippen LogP contribution >= 0.6 is 24.0 Å². The number of guanidine groups is 1. The third-order valence-electron chi connectivity index (χ3n) is 3.54. The molecule has 1 N–H and O–H groups in total. The number of nitrogens with zero attached hydrogens (tertiary/aromatic N) is 3. The Kier molecular flexibility index (Phi) is 16.0. The summed E-state index contributed by atoms with van der Waals surface area (Å²) in [6.45, 7) is 17.5. The van der Waals surface area contributed by atoms with Gasteiger partial charge < -0.3 is 10.2 Å². The molecule has 0 radical (unpaired) electrons. The number of hydrogen-bond acceptors (Lipinski definition) is 2. The van der Waals surface area contributed by atoms with Crippen molar-refractivity contribution in [1.82, 2.24) is 15.1 Å². The highest BCUT2D eigenvalue weighted by atomic mass is 127. The zero-order chi connectivity index (χ0) is 15.4. The van der Waals surface area contributed by atoms with Gasteiger partial charge >= 0.3 is 0 Å². The number of rotatable bonds is 10. The SMILES string of the molecule is C=CCCCN(C)C(=NCC(C)N(CC)CC)NCC.I. The fraction of sp³-hybridized carbons (Fsp3) is 0.812. The second-order valence-corrected chi connectivity index (χ2v) is 5.12. The van der Waals surface area contributed by atoms with Gasteiger partial charge in [0.1, 0.15) is 0 Å². The Labute approximate surface area is 149 Å². The van der Waals surface area contributed by atoms with Gasteiger partial charge in [-0.25, -0.2) is 0 Å². The summed E-state index contributed by atoms with van der Waals surface area (Å²) in [4.78, 5) is 9.42. The predicted molar refractivity (Wildman–Crippen MR) is 106 cm³/mol. The van der Waals surface area contributed by atoms with Crippen LogP contribution in [-0.4, -0.2) is 61.6 Å². The lowest BCUT2D eigenvalue weighted by molar-refractivity contribution is 0.236. The van der Waals surface area contributed by atoms with E-state index in [9.17, 15) is 0 Å². The van der Waals surface area contributed by atoms with E-state index in [-0.39, 0.29) is 24.0 Å². The van der Waals surface area contributed by atoms with Gasteiger partial charge in [-0.2, -0.15) is 0 Å². The maximum atomic E-state index is 4.77. The van der Waals surface area contributed by atoms with Crippen molar-refractivity contribution in [2.45, 2.75) is 46.6 Å². The molecule has 1 atom stereocenters. The lowest BCUT2D eigenvalue weighted by atomic mass is 10.3. The van der Waals surface area contributed by atoms with Crippen LogP contribution in [0.25, 0.3) is 0 Å². The van der Waals surface area contributed by atoms with Crippen molar-refractivity contribution in [2.75, 3.05) is 39.8 Å². The summed E-state index contributed by atoms with van der Waals surface area (Å²) in [5.41, 5.74) is 0. The van der Waals surface area contributed by atoms with Crippen LogP contribution < -0.4 is 5.32 Å². The summed E-state index contributed by atoms with van der Waals surface area (Å²) < 4.78 is 0. The molecule has 5 heteroatoms. The highest BCUT2D eigenvalue weighted by Gasteiger charge is 2.11. The second kappa shape index (κ2) is 14.6. The first-order chi connectivity index (χ1) is 9.60. The van der Waals surface area contributed by atoms with Gasteiger partial charge in [-0.15, -0.1) is 30.6 Å². The Morgan fingerprint density at radius 1 is 1.29 bits per heavy atom. The minimum absolute atomic E-state index is 0. The number of hydrogen-bond donors (Lipinski definition) is 1. The third kappa shape index (κ3) is 10.1. The number of likely N-dealkylation sites (N-methyl/N-ethyl adjacent to an activating group) is 1. The van der Waals surface area contributed by atoms with E-state index in [4.69, 9.17) is 4.99 Å². The molecule has 0 rings (SSSR count). The average Bonchev–Trinajstić information content (AvgIpc) is 2.44. The van der Waals surface area contributed by atoms with E-state index in [2.05, 4.69) is 56.4 Å². The van der Waals surface area contributed by atoms with Crippen LogP contribution in [0.3, 0.4) is 0 Å². The molecule has 0 fully saturated rings. The minimum Gasteiger partial charge on any atom is -0.357 e. The molecule has 0 bridgehead atoms. The highest BCUT2D eigenvalue weighted by molar-refractivity contribution is 14.0. The standard InChI is InChI=1S/C16H34N4.HI/c1-7-11-12-13-19(6)16(17-8-2)18-14-15(5)20(9-3)10-4;/h7,15H,1,8-14H2,2-6H3,(H,17,18);1H. The maximum absolute atomic E-state index is 4.77. The number of aliphatic imine (C=N–C) groups is 1. The van der Waals surface area contributed by atoms with Crippen LogP contribution in [0.15, 0.2) is 17.6 Å². The smallest absolute Gasteiger partial charge is 0.193 e. The molecular weight excluding hydrogens is 375 g/mol. The molecule has 0 saturated heterocycles. The van der Waals surface area contributed by atoms with Crippen LogP contribution in [0.2, 0.25) is 0 Å². The van der Waals surface area contributed by atoms with Gasteiger partial charge in [-0.1, -0.05) is 19.9 Å². The zero-order valence-electron chi connectivity index (χ0n) is 14.6. The number of allylic oxidation sites excluding steroid dienone is 1. The van der Waals surface area contributed by atoms with Crippen LogP contribution in [0.5, 0.6) is 0 Å². The molecule has 0 heterocycles. The second-order valence-electron chi connectivity index (χ2n) is 5.12. The van der Waals surface area contributed by atoms with Crippen molar-refractivity contribution in [3.8, 4) is 0 Å². The minimum atomic E-state index is 0. The van der Waals surface area contributed by atoms with Gasteiger partial charge in [0.05, 0.1) is 6.54 Å². The van der Waals surface area contributed by atoms with Crippen molar-refractivity contribution >= 4 is 29.9 Å². The number of unbranched alkanes of at least 4 members (excludes halogenated alkanes) is 1. The number of halogens is 1. The lowest BCUT2D eigenvalue weighted by Gasteiger charge is -2.26. The first-order valence-corrected chi connectivity index (χ1v) is 7.94. The first kappa shape index (κ1) is 23.0. The molecule has 21 heavy (non-hydrogen) atoms. The summed E-state index contributed by atoms with van der Waals surface area (Å²) in [5, 5.41) is 3.37. The molecule has 0 aromatic carbocycles. The van der Waals surface area contributed by atoms with E-state index in [1.807, 2.05) is 6.08 Å². The summed E-state index contributed by atoms with van der Waals surface area (Å²) in [6.07, 6.45) is 4.15. The van der Waals surface area contributed by atoms with Crippen LogP contribution in [-0.2, 0) is 0 Å². The topological polar surface area (TPSA) is 30.9 Å². The first-order valence-electron chi connectivity index (χ1n) is 7.94. The highest BCUT2D eigenvalue weighted by Crippen LogP contribution is 2.00. The van der Waals surface area contributed by atoms with Crippen LogP contribution in [0, 0.1) is 0 Å². The van der Waals surface area contributed by atoms with Gasteiger partial charge in [0, 0.05) is 26.2 Å². The van der Waals surface area contributed by atoms with E-state index < -0.39 is 0 Å². The Balaban J connectivity index is 0. The Morgan fingerprint density at radius 2 is 1.90 bits per heavy atom. The quantitative estimate of drug-likeness (QED) is 0.197. The molecule has 0 aliphatic carbocycles. The van der Waals surface area contributed by atoms with Gasteiger partial charge in [0.2, 0.25) is 0 Å². The molecule has 0 aliphatic heterocycles. The lowest BCUT2D eigenvalue weighted by Crippen LogP contribution is -2.41. The molecule has 0 spiro atoms. The fourth-order valence-corrected chi connectivity index (χ4v) is 2.23. The summed E-state index contributed by atoms with van der Waals surface area (Å²) in [7, 11) is 2.10. The van der Waals surface area contributed by atoms with Crippen LogP contribution in [0.4, 0.5) is 0 Å². The fourth-order valence-electron chi connectivity index (χ4n) is 2.23. The van der Waals surface area contributed by atoms with Crippen molar-refractivity contribution in [2.24, 2.45) is 4.99 Å². The van der Waals surface area contributed by atoms with Gasteiger partial charge in [0.25, 0.3) is 0 Å². The number of nitrogens with one attached hydrogen (secondary N) is 1. The molecule has 4 nitrogen and oxygen atoms in total. The van der Waals surface area contributed by atoms with Crippen molar-refractivity contribution in [3.63, 3.8) is 0 Å². The molecule has 0 aromatic rings.